The highest BCUT2D eigenvalue weighted by molar-refractivity contribution is 5.19. The molecule has 0 heterocycles. The normalized spacial score (nSPS) is 13.9. The maximum atomic E-state index is 12.8. The van der Waals surface area contributed by atoms with Crippen LogP contribution in [0.25, 0.3) is 0 Å². The minimum atomic E-state index is -4.21. The van der Waals surface area contributed by atoms with Gasteiger partial charge in [0.25, 0.3) is 0 Å². The highest BCUT2D eigenvalue weighted by Crippen LogP contribution is 2.23. The van der Waals surface area contributed by atoms with Crippen LogP contribution in [0.1, 0.15) is 11.6 Å². The van der Waals surface area contributed by atoms with Gasteiger partial charge in [0, 0.05) is 0 Å². The molecule has 0 aromatic heterocycles. The van der Waals surface area contributed by atoms with Crippen LogP contribution in [-0.2, 0) is 4.74 Å². The van der Waals surface area contributed by atoms with Crippen molar-refractivity contribution >= 4 is 0 Å². The van der Waals surface area contributed by atoms with Crippen molar-refractivity contribution < 1.29 is 26.7 Å². The van der Waals surface area contributed by atoms with E-state index in [1.165, 1.54) is 18.2 Å². The summed E-state index contributed by atoms with van der Waals surface area (Å²) in [6.45, 7) is -1.82. The van der Waals surface area contributed by atoms with Crippen LogP contribution >= 0.6 is 0 Å². The number of benzene rings is 1. The molecule has 2 nitrogen and oxygen atoms in total. The quantitative estimate of drug-likeness (QED) is 0.806. The van der Waals surface area contributed by atoms with Gasteiger partial charge in [-0.05, 0) is 17.7 Å². The van der Waals surface area contributed by atoms with Gasteiger partial charge < -0.3 is 10.5 Å². The molecule has 7 heteroatoms. The molecular weight excluding hydrogens is 257 g/mol. The van der Waals surface area contributed by atoms with Gasteiger partial charge in [-0.2, -0.15) is 8.78 Å². The van der Waals surface area contributed by atoms with Crippen LogP contribution in [0.4, 0.5) is 22.0 Å². The minimum absolute atomic E-state index is 0.343. The lowest BCUT2D eigenvalue weighted by molar-refractivity contribution is -0.166. The molecule has 0 radical (unpaired) electrons. The van der Waals surface area contributed by atoms with Crippen molar-refractivity contribution in [2.45, 2.75) is 18.4 Å². The summed E-state index contributed by atoms with van der Waals surface area (Å²) in [5.74, 6) is -4.73. The van der Waals surface area contributed by atoms with E-state index in [2.05, 4.69) is 4.74 Å². The third-order valence-corrected chi connectivity index (χ3v) is 2.19. The van der Waals surface area contributed by atoms with E-state index in [9.17, 15) is 22.0 Å². The standard InChI is InChI=1S/C11H12F5NO/c12-8-3-1-2-7(4-8)9(17)5-18-6-11(15,16)10(13)14/h1-4,9-10H,5-6,17H2. The molecule has 102 valence electrons. The van der Waals surface area contributed by atoms with Crippen LogP contribution in [-0.4, -0.2) is 25.6 Å². The maximum absolute atomic E-state index is 12.8. The van der Waals surface area contributed by atoms with Crippen LogP contribution in [0.2, 0.25) is 0 Å². The van der Waals surface area contributed by atoms with E-state index in [0.29, 0.717) is 5.56 Å². The molecule has 1 atom stereocenters. The van der Waals surface area contributed by atoms with E-state index in [1.54, 1.807) is 0 Å². The van der Waals surface area contributed by atoms with Crippen LogP contribution in [0.5, 0.6) is 0 Å². The van der Waals surface area contributed by atoms with Crippen molar-refractivity contribution in [3.63, 3.8) is 0 Å². The molecule has 1 unspecified atom stereocenters. The molecule has 2 N–H and O–H groups in total. The Kier molecular flexibility index (Phi) is 5.03. The van der Waals surface area contributed by atoms with Crippen molar-refractivity contribution in [2.75, 3.05) is 13.2 Å². The van der Waals surface area contributed by atoms with E-state index >= 15 is 0 Å². The average Bonchev–Trinajstić information content (AvgIpc) is 2.28. The number of halogens is 5. The van der Waals surface area contributed by atoms with Gasteiger partial charge >= 0.3 is 12.3 Å². The van der Waals surface area contributed by atoms with Crippen molar-refractivity contribution in [3.05, 3.63) is 35.6 Å². The van der Waals surface area contributed by atoms with E-state index in [1.807, 2.05) is 0 Å². The van der Waals surface area contributed by atoms with Gasteiger partial charge in [0.15, 0.2) is 0 Å². The second-order valence-electron chi connectivity index (χ2n) is 3.74. The summed E-state index contributed by atoms with van der Waals surface area (Å²) < 4.78 is 65.8. The predicted molar refractivity (Wildman–Crippen MR) is 55.1 cm³/mol. The molecule has 0 amide bonds. The van der Waals surface area contributed by atoms with Gasteiger partial charge in [-0.25, -0.2) is 13.2 Å². The molecule has 0 aliphatic heterocycles. The van der Waals surface area contributed by atoms with E-state index in [0.717, 1.165) is 6.07 Å². The fourth-order valence-corrected chi connectivity index (χ4v) is 1.22. The van der Waals surface area contributed by atoms with Gasteiger partial charge in [0.1, 0.15) is 12.4 Å². The summed E-state index contributed by atoms with van der Waals surface area (Å²) in [6.07, 6.45) is -3.79. The summed E-state index contributed by atoms with van der Waals surface area (Å²) in [5.41, 5.74) is 5.89. The Hall–Kier alpha value is -1.21. The summed E-state index contributed by atoms with van der Waals surface area (Å²) in [6, 6.07) is 4.36. The van der Waals surface area contributed by atoms with Gasteiger partial charge in [-0.3, -0.25) is 0 Å². The number of nitrogens with two attached hydrogens (primary N) is 1. The molecule has 0 aliphatic rings. The Labute approximate surface area is 101 Å². The second kappa shape index (κ2) is 6.10. The van der Waals surface area contributed by atoms with E-state index in [-0.39, 0.29) is 0 Å². The van der Waals surface area contributed by atoms with Crippen LogP contribution < -0.4 is 5.73 Å². The summed E-state index contributed by atoms with van der Waals surface area (Å²) >= 11 is 0. The molecule has 0 aliphatic carbocycles. The molecular formula is C11H12F5NO. The molecule has 0 spiro atoms. The predicted octanol–water partition coefficient (Wildman–Crippen LogP) is 2.74. The second-order valence-corrected chi connectivity index (χ2v) is 3.74. The van der Waals surface area contributed by atoms with Gasteiger partial charge in [0.2, 0.25) is 0 Å². The number of alkyl halides is 4. The zero-order chi connectivity index (χ0) is 13.8. The Bertz CT molecular complexity index is 385. The third-order valence-electron chi connectivity index (χ3n) is 2.19. The summed E-state index contributed by atoms with van der Waals surface area (Å²) in [4.78, 5) is 0. The molecule has 0 bridgehead atoms. The molecule has 1 aromatic rings. The van der Waals surface area contributed by atoms with Crippen molar-refractivity contribution in [2.24, 2.45) is 5.73 Å². The summed E-state index contributed by atoms with van der Waals surface area (Å²) in [5, 5.41) is 0. The summed E-state index contributed by atoms with van der Waals surface area (Å²) in [7, 11) is 0. The topological polar surface area (TPSA) is 35.2 Å². The molecule has 0 saturated heterocycles. The van der Waals surface area contributed by atoms with Crippen LogP contribution in [0, 0.1) is 5.82 Å². The van der Waals surface area contributed by atoms with Gasteiger partial charge in [0.05, 0.1) is 12.6 Å². The minimum Gasteiger partial charge on any atom is -0.373 e. The number of hydrogen-bond donors (Lipinski definition) is 1. The van der Waals surface area contributed by atoms with Gasteiger partial charge in [-0.1, -0.05) is 12.1 Å². The molecule has 18 heavy (non-hydrogen) atoms. The first-order valence-electron chi connectivity index (χ1n) is 5.07. The molecule has 1 rings (SSSR count). The Morgan fingerprint density at radius 2 is 1.94 bits per heavy atom. The fraction of sp³-hybridized carbons (Fsp3) is 0.455. The fourth-order valence-electron chi connectivity index (χ4n) is 1.22. The Balaban J connectivity index is 2.45. The van der Waals surface area contributed by atoms with Crippen molar-refractivity contribution in [1.29, 1.82) is 0 Å². The Morgan fingerprint density at radius 3 is 2.50 bits per heavy atom. The first-order valence-corrected chi connectivity index (χ1v) is 5.07. The lowest BCUT2D eigenvalue weighted by Gasteiger charge is -2.17. The lowest BCUT2D eigenvalue weighted by atomic mass is 10.1. The van der Waals surface area contributed by atoms with Crippen molar-refractivity contribution in [1.82, 2.24) is 0 Å². The smallest absolute Gasteiger partial charge is 0.330 e. The number of rotatable bonds is 6. The third kappa shape index (κ3) is 4.23. The average molecular weight is 269 g/mol. The maximum Gasteiger partial charge on any atom is 0.330 e. The number of hydrogen-bond acceptors (Lipinski definition) is 2. The molecule has 0 fully saturated rings. The van der Waals surface area contributed by atoms with Crippen LogP contribution in [0.15, 0.2) is 24.3 Å². The van der Waals surface area contributed by atoms with Gasteiger partial charge in [-0.15, -0.1) is 0 Å². The van der Waals surface area contributed by atoms with Crippen molar-refractivity contribution in [3.8, 4) is 0 Å². The monoisotopic (exact) mass is 269 g/mol. The zero-order valence-electron chi connectivity index (χ0n) is 9.25. The van der Waals surface area contributed by atoms with E-state index in [4.69, 9.17) is 5.73 Å². The molecule has 1 aromatic carbocycles. The first-order chi connectivity index (χ1) is 8.33. The molecule has 0 saturated carbocycles. The van der Waals surface area contributed by atoms with Crippen LogP contribution in [0.3, 0.4) is 0 Å². The lowest BCUT2D eigenvalue weighted by Crippen LogP contribution is -2.33. The first kappa shape index (κ1) is 14.8. The number of ether oxygens (including phenoxy) is 1. The van der Waals surface area contributed by atoms with E-state index < -0.39 is 37.4 Å². The largest absolute Gasteiger partial charge is 0.373 e. The zero-order valence-corrected chi connectivity index (χ0v) is 9.25. The Morgan fingerprint density at radius 1 is 1.28 bits per heavy atom. The SMILES string of the molecule is NC(COCC(F)(F)C(F)F)c1cccc(F)c1. The highest BCUT2D eigenvalue weighted by atomic mass is 19.3. The highest BCUT2D eigenvalue weighted by Gasteiger charge is 2.41.